The van der Waals surface area contributed by atoms with Gasteiger partial charge in [0.1, 0.15) is 5.78 Å². The van der Waals surface area contributed by atoms with Crippen molar-refractivity contribution in [1.29, 1.82) is 0 Å². The molecule has 38 heavy (non-hydrogen) atoms. The summed E-state index contributed by atoms with van der Waals surface area (Å²) in [6, 6.07) is 3.82. The first-order chi connectivity index (χ1) is 18.7. The maximum absolute atomic E-state index is 11.9. The Kier molecular flexibility index (Phi) is 21.5. The van der Waals surface area contributed by atoms with E-state index in [0.717, 1.165) is 50.5 Å². The normalized spacial score (nSPS) is 12.6. The molecule has 0 saturated heterocycles. The van der Waals surface area contributed by atoms with Crippen molar-refractivity contribution in [3.05, 3.63) is 109 Å². The van der Waals surface area contributed by atoms with Crippen LogP contribution < -0.4 is 5.32 Å². The molecule has 0 aliphatic carbocycles. The number of carbonyl (C=O) groups excluding carboxylic acids is 2. The van der Waals surface area contributed by atoms with Crippen molar-refractivity contribution in [2.45, 2.75) is 77.6 Å². The number of amides is 1. The average molecular weight is 515 g/mol. The second-order valence-electron chi connectivity index (χ2n) is 8.84. The predicted molar refractivity (Wildman–Crippen MR) is 163 cm³/mol. The van der Waals surface area contributed by atoms with E-state index in [2.05, 4.69) is 90.1 Å². The largest absolute Gasteiger partial charge is 0.356 e. The first kappa shape index (κ1) is 32.5. The number of ketones is 1. The van der Waals surface area contributed by atoms with E-state index in [-0.39, 0.29) is 11.7 Å². The Morgan fingerprint density at radius 3 is 1.89 bits per heavy atom. The number of nitrogens with one attached hydrogen (secondary N) is 1. The summed E-state index contributed by atoms with van der Waals surface area (Å²) in [6.07, 6.45) is 42.0. The molecule has 0 atom stereocenters. The zero-order valence-electron chi connectivity index (χ0n) is 23.1. The monoisotopic (exact) mass is 514 g/mol. The number of allylic oxidation sites excluding steroid dienone is 13. The van der Waals surface area contributed by atoms with Gasteiger partial charge in [0, 0.05) is 38.2 Å². The van der Waals surface area contributed by atoms with Gasteiger partial charge in [-0.1, -0.05) is 98.1 Å². The van der Waals surface area contributed by atoms with Gasteiger partial charge in [0.2, 0.25) is 5.91 Å². The highest BCUT2D eigenvalue weighted by molar-refractivity contribution is 5.81. The molecule has 4 nitrogen and oxygen atoms in total. The third-order valence-corrected chi connectivity index (χ3v) is 5.43. The van der Waals surface area contributed by atoms with Crippen LogP contribution in [-0.2, 0) is 9.59 Å². The minimum absolute atomic E-state index is 0.0356. The van der Waals surface area contributed by atoms with Crippen LogP contribution >= 0.6 is 0 Å². The third-order valence-electron chi connectivity index (χ3n) is 5.43. The fourth-order valence-corrected chi connectivity index (χ4v) is 3.36. The zero-order chi connectivity index (χ0) is 27.4. The SMILES string of the molecule is CC/C=C\C/C=C\C/C=C\C/C=C\C/C=C\C/C=C\CCC(=O)NCCCC(=O)C/C=C/c1cccnc1. The molecule has 1 aromatic rings. The van der Waals surface area contributed by atoms with Gasteiger partial charge in [-0.05, 0) is 63.0 Å². The summed E-state index contributed by atoms with van der Waals surface area (Å²) in [5.74, 6) is 0.214. The van der Waals surface area contributed by atoms with Gasteiger partial charge in [-0.15, -0.1) is 0 Å². The van der Waals surface area contributed by atoms with Gasteiger partial charge in [-0.2, -0.15) is 0 Å². The summed E-state index contributed by atoms with van der Waals surface area (Å²) >= 11 is 0. The molecule has 1 aromatic heterocycles. The first-order valence-electron chi connectivity index (χ1n) is 14.0. The molecule has 0 aliphatic heterocycles. The minimum Gasteiger partial charge on any atom is -0.356 e. The van der Waals surface area contributed by atoms with Crippen LogP contribution in [0.25, 0.3) is 6.08 Å². The lowest BCUT2D eigenvalue weighted by molar-refractivity contribution is -0.121. The van der Waals surface area contributed by atoms with Crippen molar-refractivity contribution >= 4 is 17.8 Å². The fraction of sp³-hybridized carbons (Fsp3) is 0.382. The summed E-state index contributed by atoms with van der Waals surface area (Å²) in [5, 5.41) is 2.90. The summed E-state index contributed by atoms with van der Waals surface area (Å²) < 4.78 is 0. The maximum Gasteiger partial charge on any atom is 0.220 e. The molecule has 0 aliphatic rings. The lowest BCUT2D eigenvalue weighted by atomic mass is 10.1. The van der Waals surface area contributed by atoms with E-state index in [1.54, 1.807) is 12.4 Å². The van der Waals surface area contributed by atoms with Crippen LogP contribution in [0.15, 0.2) is 104 Å². The second kappa shape index (κ2) is 25.1. The quantitative estimate of drug-likeness (QED) is 0.132. The Morgan fingerprint density at radius 1 is 0.763 bits per heavy atom. The highest BCUT2D eigenvalue weighted by Gasteiger charge is 2.02. The molecule has 1 amide bonds. The lowest BCUT2D eigenvalue weighted by Gasteiger charge is -2.03. The summed E-state index contributed by atoms with van der Waals surface area (Å²) in [4.78, 5) is 27.9. The van der Waals surface area contributed by atoms with Crippen LogP contribution in [0.1, 0.15) is 83.1 Å². The molecule has 204 valence electrons. The molecule has 1 N–H and O–H groups in total. The van der Waals surface area contributed by atoms with E-state index in [4.69, 9.17) is 0 Å². The number of hydrogen-bond donors (Lipinski definition) is 1. The molecule has 4 heteroatoms. The molecule has 0 fully saturated rings. The van der Waals surface area contributed by atoms with Crippen molar-refractivity contribution in [3.63, 3.8) is 0 Å². The Morgan fingerprint density at radius 2 is 1.34 bits per heavy atom. The van der Waals surface area contributed by atoms with E-state index >= 15 is 0 Å². The van der Waals surface area contributed by atoms with E-state index in [1.165, 1.54) is 0 Å². The Labute approximate surface area is 230 Å². The topological polar surface area (TPSA) is 59.1 Å². The number of nitrogens with zero attached hydrogens (tertiary/aromatic N) is 1. The van der Waals surface area contributed by atoms with E-state index in [1.807, 2.05) is 24.3 Å². The summed E-state index contributed by atoms with van der Waals surface area (Å²) in [5.41, 5.74) is 0.986. The van der Waals surface area contributed by atoms with Crippen LogP contribution in [0.2, 0.25) is 0 Å². The van der Waals surface area contributed by atoms with Gasteiger partial charge in [-0.25, -0.2) is 0 Å². The molecule has 0 bridgehead atoms. The number of hydrogen-bond acceptors (Lipinski definition) is 3. The Bertz CT molecular complexity index is 950. The molecular formula is C34H46N2O2. The average Bonchev–Trinajstić information content (AvgIpc) is 2.93. The Balaban J connectivity index is 1.95. The molecule has 0 aromatic carbocycles. The summed E-state index contributed by atoms with van der Waals surface area (Å²) in [7, 11) is 0. The molecule has 0 spiro atoms. The molecule has 1 heterocycles. The molecule has 0 saturated carbocycles. The van der Waals surface area contributed by atoms with Crippen LogP contribution in [0.3, 0.4) is 0 Å². The van der Waals surface area contributed by atoms with Crippen LogP contribution in [0.5, 0.6) is 0 Å². The number of carbonyl (C=O) groups is 2. The van der Waals surface area contributed by atoms with E-state index in [0.29, 0.717) is 32.2 Å². The minimum atomic E-state index is 0.0356. The van der Waals surface area contributed by atoms with Crippen molar-refractivity contribution in [1.82, 2.24) is 10.3 Å². The molecule has 0 radical (unpaired) electrons. The first-order valence-corrected chi connectivity index (χ1v) is 14.0. The van der Waals surface area contributed by atoms with Gasteiger partial charge in [0.25, 0.3) is 0 Å². The third kappa shape index (κ3) is 21.7. The number of pyridine rings is 1. The maximum atomic E-state index is 11.9. The number of rotatable bonds is 21. The van der Waals surface area contributed by atoms with Crippen LogP contribution in [-0.4, -0.2) is 23.2 Å². The van der Waals surface area contributed by atoms with Gasteiger partial charge in [0.05, 0.1) is 0 Å². The predicted octanol–water partition coefficient (Wildman–Crippen LogP) is 8.43. The highest BCUT2D eigenvalue weighted by Crippen LogP contribution is 2.03. The van der Waals surface area contributed by atoms with Crippen molar-refractivity contribution in [2.75, 3.05) is 6.54 Å². The fourth-order valence-electron chi connectivity index (χ4n) is 3.36. The van der Waals surface area contributed by atoms with Gasteiger partial charge >= 0.3 is 0 Å². The molecule has 1 rings (SSSR count). The van der Waals surface area contributed by atoms with Crippen molar-refractivity contribution < 1.29 is 9.59 Å². The zero-order valence-corrected chi connectivity index (χ0v) is 23.1. The summed E-state index contributed by atoms with van der Waals surface area (Å²) in [6.45, 7) is 2.69. The smallest absolute Gasteiger partial charge is 0.220 e. The molecular weight excluding hydrogens is 468 g/mol. The van der Waals surface area contributed by atoms with E-state index in [9.17, 15) is 9.59 Å². The molecule has 0 unspecified atom stereocenters. The van der Waals surface area contributed by atoms with Crippen LogP contribution in [0, 0.1) is 0 Å². The number of Topliss-reactive ketones (excluding diaryl/α,β-unsaturated/α-hetero) is 1. The Hall–Kier alpha value is -3.53. The lowest BCUT2D eigenvalue weighted by Crippen LogP contribution is -2.24. The van der Waals surface area contributed by atoms with Gasteiger partial charge < -0.3 is 5.32 Å². The second-order valence-corrected chi connectivity index (χ2v) is 8.84. The van der Waals surface area contributed by atoms with Crippen molar-refractivity contribution in [3.8, 4) is 0 Å². The standard InChI is InChI=1S/C34H46N2O2/c1-2-3-4-5-6-7-8-9-10-11-12-13-14-15-16-17-18-19-20-28-34(38)36-30-23-27-33(37)26-21-24-32-25-22-29-35-31-32/h3-4,6-7,9-10,12-13,15-16,18-19,21-22,24-25,29,31H,2,5,8,11,14,17,20,23,26-28,30H2,1H3,(H,36,38)/b4-3-,7-6-,10-9-,13-12-,16-15-,19-18-,24-21+. The van der Waals surface area contributed by atoms with Crippen molar-refractivity contribution in [2.24, 2.45) is 0 Å². The highest BCUT2D eigenvalue weighted by atomic mass is 16.1. The number of aromatic nitrogens is 1. The van der Waals surface area contributed by atoms with Gasteiger partial charge in [0.15, 0.2) is 0 Å². The van der Waals surface area contributed by atoms with Gasteiger partial charge in [-0.3, -0.25) is 14.6 Å². The van der Waals surface area contributed by atoms with E-state index < -0.39 is 0 Å². The van der Waals surface area contributed by atoms with Crippen LogP contribution in [0.4, 0.5) is 0 Å².